The fourth-order valence-corrected chi connectivity index (χ4v) is 2.77. The van der Waals surface area contributed by atoms with Crippen LogP contribution in [0.1, 0.15) is 43.7 Å². The zero-order valence-electron chi connectivity index (χ0n) is 10.0. The van der Waals surface area contributed by atoms with Crippen LogP contribution in [0.15, 0.2) is 12.1 Å². The molecule has 2 nitrogen and oxygen atoms in total. The zero-order valence-corrected chi connectivity index (χ0v) is 11.6. The van der Waals surface area contributed by atoms with Crippen molar-refractivity contribution in [1.29, 1.82) is 0 Å². The predicted molar refractivity (Wildman–Crippen MR) is 73.8 cm³/mol. The molecule has 0 aromatic heterocycles. The third-order valence-electron chi connectivity index (χ3n) is 3.61. The van der Waals surface area contributed by atoms with Crippen LogP contribution in [-0.2, 0) is 0 Å². The lowest BCUT2D eigenvalue weighted by molar-refractivity contribution is 0.297. The largest absolute Gasteiger partial charge is 0.506 e. The molecule has 0 amide bonds. The lowest BCUT2D eigenvalue weighted by atomic mass is 9.81. The molecule has 1 aliphatic carbocycles. The first-order valence-electron chi connectivity index (χ1n) is 6.03. The van der Waals surface area contributed by atoms with Gasteiger partial charge in [-0.3, -0.25) is 0 Å². The van der Waals surface area contributed by atoms with Crippen molar-refractivity contribution in [3.05, 3.63) is 28.5 Å². The summed E-state index contributed by atoms with van der Waals surface area (Å²) in [5, 5.41) is 9.99. The summed E-state index contributed by atoms with van der Waals surface area (Å²) >= 11 is 5.80. The van der Waals surface area contributed by atoms with Gasteiger partial charge in [-0.15, -0.1) is 12.4 Å². The molecule has 1 aromatic carbocycles. The second-order valence-corrected chi connectivity index (χ2v) is 5.12. The van der Waals surface area contributed by atoms with E-state index in [0.717, 1.165) is 25.7 Å². The van der Waals surface area contributed by atoms with Crippen LogP contribution >= 0.6 is 24.0 Å². The number of phenols is 1. The minimum absolute atomic E-state index is 0. The van der Waals surface area contributed by atoms with Gasteiger partial charge in [-0.1, -0.05) is 30.9 Å². The molecule has 0 radical (unpaired) electrons. The number of benzene rings is 1. The van der Waals surface area contributed by atoms with E-state index < -0.39 is 11.9 Å². The van der Waals surface area contributed by atoms with Gasteiger partial charge in [0.1, 0.15) is 11.6 Å². The molecule has 0 saturated heterocycles. The molecule has 1 aromatic rings. The summed E-state index contributed by atoms with van der Waals surface area (Å²) in [7, 11) is 0. The van der Waals surface area contributed by atoms with Gasteiger partial charge in [0.05, 0.1) is 5.02 Å². The molecule has 3 N–H and O–H groups in total. The molecule has 0 heterocycles. The molecule has 0 bridgehead atoms. The Balaban J connectivity index is 0.00000162. The number of phenolic OH excluding ortho intramolecular Hbond substituents is 1. The highest BCUT2D eigenvalue weighted by atomic mass is 35.5. The van der Waals surface area contributed by atoms with E-state index in [1.807, 2.05) is 0 Å². The fourth-order valence-electron chi connectivity index (χ4n) is 2.60. The molecule has 5 heteroatoms. The summed E-state index contributed by atoms with van der Waals surface area (Å²) in [4.78, 5) is 0. The van der Waals surface area contributed by atoms with E-state index in [1.165, 1.54) is 18.6 Å². The van der Waals surface area contributed by atoms with Crippen LogP contribution in [-0.4, -0.2) is 5.11 Å². The molecule has 18 heavy (non-hydrogen) atoms. The van der Waals surface area contributed by atoms with Crippen molar-refractivity contribution in [1.82, 2.24) is 0 Å². The zero-order chi connectivity index (χ0) is 12.4. The van der Waals surface area contributed by atoms with Gasteiger partial charge in [-0.25, -0.2) is 4.39 Å². The maximum Gasteiger partial charge on any atom is 0.141 e. The lowest BCUT2D eigenvalue weighted by Gasteiger charge is -2.28. The summed E-state index contributed by atoms with van der Waals surface area (Å²) in [6, 6.07) is 2.15. The highest BCUT2D eigenvalue weighted by molar-refractivity contribution is 6.32. The van der Waals surface area contributed by atoms with E-state index >= 15 is 0 Å². The Bertz CT molecular complexity index is 408. The van der Waals surface area contributed by atoms with Crippen LogP contribution in [0.5, 0.6) is 5.75 Å². The van der Waals surface area contributed by atoms with Crippen molar-refractivity contribution in [3.8, 4) is 5.75 Å². The fraction of sp³-hybridized carbons (Fsp3) is 0.538. The van der Waals surface area contributed by atoms with Gasteiger partial charge in [0.2, 0.25) is 0 Å². The first kappa shape index (κ1) is 15.5. The quantitative estimate of drug-likeness (QED) is 0.859. The number of aromatic hydroxyl groups is 1. The predicted octanol–water partition coefficient (Wildman–Crippen LogP) is 4.19. The summed E-state index contributed by atoms with van der Waals surface area (Å²) in [6.45, 7) is 0. The van der Waals surface area contributed by atoms with Crippen LogP contribution in [0.25, 0.3) is 0 Å². The average molecular weight is 294 g/mol. The van der Waals surface area contributed by atoms with Gasteiger partial charge in [-0.2, -0.15) is 0 Å². The van der Waals surface area contributed by atoms with Crippen LogP contribution < -0.4 is 5.73 Å². The van der Waals surface area contributed by atoms with Gasteiger partial charge < -0.3 is 10.8 Å². The summed E-state index contributed by atoms with van der Waals surface area (Å²) in [5.41, 5.74) is 6.25. The second kappa shape index (κ2) is 6.60. The normalized spacial score (nSPS) is 18.2. The molecule has 2 rings (SSSR count). The maximum absolute atomic E-state index is 13.7. The Hall–Kier alpha value is -0.510. The lowest BCUT2D eigenvalue weighted by Crippen LogP contribution is -2.24. The van der Waals surface area contributed by atoms with Crippen molar-refractivity contribution in [2.75, 3.05) is 0 Å². The number of rotatable bonds is 2. The highest BCUT2D eigenvalue weighted by Gasteiger charge is 2.27. The van der Waals surface area contributed by atoms with Crippen molar-refractivity contribution < 1.29 is 9.50 Å². The van der Waals surface area contributed by atoms with E-state index in [0.29, 0.717) is 0 Å². The molecule has 1 atom stereocenters. The summed E-state index contributed by atoms with van der Waals surface area (Å²) in [6.07, 6.45) is 5.45. The minimum Gasteiger partial charge on any atom is -0.506 e. The Morgan fingerprint density at radius 3 is 2.50 bits per heavy atom. The molecule has 102 valence electrons. The number of hydrogen-bond donors (Lipinski definition) is 2. The smallest absolute Gasteiger partial charge is 0.141 e. The first-order chi connectivity index (χ1) is 8.11. The molecule has 1 saturated carbocycles. The molecular weight excluding hydrogens is 276 g/mol. The van der Waals surface area contributed by atoms with Crippen molar-refractivity contribution in [2.45, 2.75) is 38.1 Å². The average Bonchev–Trinajstić information content (AvgIpc) is 2.35. The van der Waals surface area contributed by atoms with E-state index in [4.69, 9.17) is 17.3 Å². The van der Waals surface area contributed by atoms with E-state index in [2.05, 4.69) is 0 Å². The Labute approximate surface area is 118 Å². The molecule has 1 aliphatic rings. The van der Waals surface area contributed by atoms with E-state index in [-0.39, 0.29) is 34.7 Å². The summed E-state index contributed by atoms with van der Waals surface area (Å²) in [5.74, 6) is -0.433. The Morgan fingerprint density at radius 1 is 1.28 bits per heavy atom. The third-order valence-corrected chi connectivity index (χ3v) is 3.91. The van der Waals surface area contributed by atoms with E-state index in [1.54, 1.807) is 0 Å². The van der Waals surface area contributed by atoms with E-state index in [9.17, 15) is 9.50 Å². The second-order valence-electron chi connectivity index (χ2n) is 4.72. The topological polar surface area (TPSA) is 46.2 Å². The highest BCUT2D eigenvalue weighted by Crippen LogP contribution is 2.39. The first-order valence-corrected chi connectivity index (χ1v) is 6.41. The molecule has 0 spiro atoms. The number of hydrogen-bond acceptors (Lipinski definition) is 2. The summed E-state index contributed by atoms with van der Waals surface area (Å²) < 4.78 is 13.7. The van der Waals surface area contributed by atoms with Gasteiger partial charge in [0, 0.05) is 11.6 Å². The van der Waals surface area contributed by atoms with Crippen LogP contribution in [0.3, 0.4) is 0 Å². The maximum atomic E-state index is 13.7. The van der Waals surface area contributed by atoms with Crippen LogP contribution in [0, 0.1) is 11.7 Å². The monoisotopic (exact) mass is 293 g/mol. The minimum atomic E-state index is -0.468. The van der Waals surface area contributed by atoms with Crippen molar-refractivity contribution >= 4 is 24.0 Å². The van der Waals surface area contributed by atoms with Crippen molar-refractivity contribution in [2.24, 2.45) is 11.7 Å². The SMILES string of the molecule is Cl.N[C@H](c1c(F)ccc(Cl)c1O)C1CCCCC1. The van der Waals surface area contributed by atoms with Crippen LogP contribution in [0.2, 0.25) is 5.02 Å². The Morgan fingerprint density at radius 2 is 1.89 bits per heavy atom. The van der Waals surface area contributed by atoms with Gasteiger partial charge in [0.15, 0.2) is 0 Å². The van der Waals surface area contributed by atoms with Crippen molar-refractivity contribution in [3.63, 3.8) is 0 Å². The molecule has 1 fully saturated rings. The van der Waals surface area contributed by atoms with Crippen LogP contribution in [0.4, 0.5) is 4.39 Å². The molecular formula is C13H18Cl2FNO. The number of halogens is 3. The Kier molecular flexibility index (Phi) is 5.70. The molecule has 0 unspecified atom stereocenters. The third kappa shape index (κ3) is 3.08. The van der Waals surface area contributed by atoms with Gasteiger partial charge >= 0.3 is 0 Å². The standard InChI is InChI=1S/C13H17ClFNO.ClH/c14-9-6-7-10(15)11(13(9)17)12(16)8-4-2-1-3-5-8;/h6-8,12,17H,1-5,16H2;1H/t12-;/m0./s1. The van der Waals surface area contributed by atoms with Gasteiger partial charge in [0.25, 0.3) is 0 Å². The number of nitrogens with two attached hydrogens (primary N) is 1. The molecule has 0 aliphatic heterocycles. The van der Waals surface area contributed by atoms with Gasteiger partial charge in [-0.05, 0) is 30.9 Å².